The Balaban J connectivity index is 1.58. The number of morpholine rings is 1. The van der Waals surface area contributed by atoms with E-state index in [0.29, 0.717) is 40.9 Å². The van der Waals surface area contributed by atoms with Crippen LogP contribution < -0.4 is 16.2 Å². The van der Waals surface area contributed by atoms with Crippen molar-refractivity contribution < 1.29 is 13.9 Å². The van der Waals surface area contributed by atoms with Crippen molar-refractivity contribution in [3.05, 3.63) is 47.6 Å². The Morgan fingerprint density at radius 2 is 2.06 bits per heavy atom. The average Bonchev–Trinajstić information content (AvgIpc) is 3.21. The third-order valence-electron chi connectivity index (χ3n) is 5.41. The Hall–Kier alpha value is -2.94. The molecule has 0 aliphatic carbocycles. The van der Waals surface area contributed by atoms with Crippen molar-refractivity contribution in [1.29, 1.82) is 0 Å². The molecule has 0 bridgehead atoms. The maximum Gasteiger partial charge on any atom is 0.234 e. The van der Waals surface area contributed by atoms with Gasteiger partial charge < -0.3 is 14.1 Å². The summed E-state index contributed by atoms with van der Waals surface area (Å²) in [5, 5.41) is 0.335. The number of hydrazine groups is 1. The Bertz CT molecular complexity index is 1120. The van der Waals surface area contributed by atoms with Crippen LogP contribution in [0.1, 0.15) is 18.9 Å². The molecule has 1 atom stereocenters. The van der Waals surface area contributed by atoms with Crippen molar-refractivity contribution in [3.8, 4) is 11.5 Å². The smallest absolute Gasteiger partial charge is 0.234 e. The Labute approximate surface area is 185 Å². The largest absolute Gasteiger partial charge is 0.436 e. The number of hydrogen-bond acceptors (Lipinski definition) is 7. The second kappa shape index (κ2) is 9.05. The molecule has 0 spiro atoms. The monoisotopic (exact) mass is 441 g/mol. The molecule has 8 nitrogen and oxygen atoms in total. The molecule has 1 amide bonds. The molecule has 0 saturated carbocycles. The highest BCUT2D eigenvalue weighted by molar-refractivity contribution is 6.32. The summed E-state index contributed by atoms with van der Waals surface area (Å²) < 4.78 is 11.4. The number of pyridine rings is 1. The van der Waals surface area contributed by atoms with Gasteiger partial charge in [-0.3, -0.25) is 10.2 Å². The summed E-state index contributed by atoms with van der Waals surface area (Å²) >= 11 is 6.46. The molecule has 162 valence electrons. The SMILES string of the molecule is C=C(c1ccc2nc(-c3ccc(N4CCOCC4)nc3Cl)oc2c1)C(C)CC(=O)NN. The molecule has 0 radical (unpaired) electrons. The van der Waals surface area contributed by atoms with Gasteiger partial charge in [-0.2, -0.15) is 0 Å². The summed E-state index contributed by atoms with van der Waals surface area (Å²) in [6.45, 7) is 8.96. The van der Waals surface area contributed by atoms with Crippen molar-refractivity contribution in [2.75, 3.05) is 31.2 Å². The van der Waals surface area contributed by atoms with E-state index in [0.717, 1.165) is 30.0 Å². The highest BCUT2D eigenvalue weighted by Gasteiger charge is 2.18. The normalized spacial score (nSPS) is 15.1. The first kappa shape index (κ1) is 21.3. The molecule has 3 heterocycles. The van der Waals surface area contributed by atoms with Crippen LogP contribution in [-0.2, 0) is 9.53 Å². The van der Waals surface area contributed by atoms with Crippen molar-refractivity contribution in [3.63, 3.8) is 0 Å². The van der Waals surface area contributed by atoms with E-state index < -0.39 is 0 Å². The Kier molecular flexibility index (Phi) is 6.22. The summed E-state index contributed by atoms with van der Waals surface area (Å²) in [4.78, 5) is 22.8. The molecule has 1 fully saturated rings. The number of amides is 1. The van der Waals surface area contributed by atoms with E-state index >= 15 is 0 Å². The molecule has 9 heteroatoms. The van der Waals surface area contributed by atoms with Crippen molar-refractivity contribution in [2.24, 2.45) is 11.8 Å². The standard InChI is InChI=1S/C22H24ClN5O3/c1-13(11-20(29)27-24)14(2)15-3-5-17-18(12-15)31-22(25-17)16-4-6-19(26-21(16)23)28-7-9-30-10-8-28/h3-6,12-13H,2,7-11,24H2,1H3,(H,27,29). The molecule has 1 aromatic carbocycles. The molecular formula is C22H24ClN5O3. The summed E-state index contributed by atoms with van der Waals surface area (Å²) in [5.41, 5.74) is 5.78. The number of allylic oxidation sites excluding steroid dienone is 1. The number of nitrogens with zero attached hydrogens (tertiary/aromatic N) is 3. The zero-order valence-electron chi connectivity index (χ0n) is 17.2. The van der Waals surface area contributed by atoms with E-state index in [1.165, 1.54) is 0 Å². The third kappa shape index (κ3) is 4.56. The maximum atomic E-state index is 11.6. The van der Waals surface area contributed by atoms with Crippen molar-refractivity contribution in [2.45, 2.75) is 13.3 Å². The van der Waals surface area contributed by atoms with Crippen molar-refractivity contribution in [1.82, 2.24) is 15.4 Å². The number of aromatic nitrogens is 2. The van der Waals surface area contributed by atoms with E-state index in [2.05, 4.69) is 26.9 Å². The van der Waals surface area contributed by atoms with E-state index in [9.17, 15) is 4.79 Å². The molecule has 1 aliphatic rings. The molecule has 1 aliphatic heterocycles. The fourth-order valence-corrected chi connectivity index (χ4v) is 3.77. The molecule has 1 unspecified atom stereocenters. The fraction of sp³-hybridized carbons (Fsp3) is 0.318. The van der Waals surface area contributed by atoms with Gasteiger partial charge in [0, 0.05) is 19.5 Å². The van der Waals surface area contributed by atoms with Crippen LogP contribution >= 0.6 is 11.6 Å². The zero-order valence-corrected chi connectivity index (χ0v) is 18.0. The zero-order chi connectivity index (χ0) is 22.0. The van der Waals surface area contributed by atoms with E-state index in [4.69, 9.17) is 26.6 Å². The van der Waals surface area contributed by atoms with Gasteiger partial charge in [0.1, 0.15) is 16.5 Å². The molecule has 1 saturated heterocycles. The van der Waals surface area contributed by atoms with Crippen LogP contribution in [0.25, 0.3) is 28.1 Å². The summed E-state index contributed by atoms with van der Waals surface area (Å²) in [6.07, 6.45) is 0.256. The lowest BCUT2D eigenvalue weighted by atomic mass is 9.92. The number of nitrogens with two attached hydrogens (primary N) is 1. The number of oxazole rings is 1. The van der Waals surface area contributed by atoms with Crippen molar-refractivity contribution >= 4 is 40.0 Å². The van der Waals surface area contributed by atoms with Gasteiger partial charge in [0.05, 0.1) is 18.8 Å². The lowest BCUT2D eigenvalue weighted by Gasteiger charge is -2.27. The van der Waals surface area contributed by atoms with Gasteiger partial charge in [0.25, 0.3) is 0 Å². The van der Waals surface area contributed by atoms with E-state index in [-0.39, 0.29) is 18.2 Å². The second-order valence-corrected chi connectivity index (χ2v) is 7.86. The van der Waals surface area contributed by atoms with E-state index in [1.54, 1.807) is 0 Å². The summed E-state index contributed by atoms with van der Waals surface area (Å²) in [6, 6.07) is 9.43. The lowest BCUT2D eigenvalue weighted by molar-refractivity contribution is -0.121. The average molecular weight is 442 g/mol. The minimum atomic E-state index is -0.237. The van der Waals surface area contributed by atoms with Crippen LogP contribution in [0.2, 0.25) is 5.15 Å². The number of nitrogens with one attached hydrogen (secondary N) is 1. The number of carbonyl (C=O) groups is 1. The molecule has 31 heavy (non-hydrogen) atoms. The topological polar surface area (TPSA) is 107 Å². The van der Waals surface area contributed by atoms with Gasteiger partial charge in [-0.05, 0) is 41.3 Å². The molecule has 3 aromatic rings. The van der Waals surface area contributed by atoms with Crippen LogP contribution in [-0.4, -0.2) is 42.2 Å². The molecule has 3 N–H and O–H groups in total. The van der Waals surface area contributed by atoms with Gasteiger partial charge in [-0.1, -0.05) is 31.2 Å². The van der Waals surface area contributed by atoms with Crippen LogP contribution in [0.4, 0.5) is 5.82 Å². The first-order valence-electron chi connectivity index (χ1n) is 10.0. The number of rotatable bonds is 6. The lowest BCUT2D eigenvalue weighted by Crippen LogP contribution is -2.36. The van der Waals surface area contributed by atoms with Gasteiger partial charge in [-0.15, -0.1) is 0 Å². The number of fused-ring (bicyclic) bond motifs is 1. The van der Waals surface area contributed by atoms with Gasteiger partial charge >= 0.3 is 0 Å². The van der Waals surface area contributed by atoms with Gasteiger partial charge in [0.15, 0.2) is 5.58 Å². The number of ether oxygens (including phenoxy) is 1. The highest BCUT2D eigenvalue weighted by Crippen LogP contribution is 2.33. The summed E-state index contributed by atoms with van der Waals surface area (Å²) in [7, 11) is 0. The minimum Gasteiger partial charge on any atom is -0.436 e. The predicted molar refractivity (Wildman–Crippen MR) is 120 cm³/mol. The molecule has 2 aromatic heterocycles. The van der Waals surface area contributed by atoms with Crippen LogP contribution in [0.5, 0.6) is 0 Å². The first-order chi connectivity index (χ1) is 15.0. The number of halogens is 1. The Morgan fingerprint density at radius 3 is 2.77 bits per heavy atom. The fourth-order valence-electron chi connectivity index (χ4n) is 3.54. The molecular weight excluding hydrogens is 418 g/mol. The molecule has 4 rings (SSSR count). The van der Waals surface area contributed by atoms with Crippen LogP contribution in [0.15, 0.2) is 41.3 Å². The van der Waals surface area contributed by atoms with Crippen LogP contribution in [0.3, 0.4) is 0 Å². The predicted octanol–water partition coefficient (Wildman–Crippen LogP) is 3.41. The third-order valence-corrected chi connectivity index (χ3v) is 5.69. The quantitative estimate of drug-likeness (QED) is 0.261. The van der Waals surface area contributed by atoms with E-state index in [1.807, 2.05) is 37.3 Å². The van der Waals surface area contributed by atoms with Crippen LogP contribution in [0, 0.1) is 5.92 Å². The summed E-state index contributed by atoms with van der Waals surface area (Å²) in [5.74, 6) is 6.08. The Morgan fingerprint density at radius 1 is 1.29 bits per heavy atom. The highest BCUT2D eigenvalue weighted by atomic mass is 35.5. The number of benzene rings is 1. The first-order valence-corrected chi connectivity index (χ1v) is 10.4. The number of hydrogen-bond donors (Lipinski definition) is 2. The van der Waals surface area contributed by atoms with Gasteiger partial charge in [0.2, 0.25) is 11.8 Å². The maximum absolute atomic E-state index is 11.6. The number of anilines is 1. The second-order valence-electron chi connectivity index (χ2n) is 7.51. The number of carbonyl (C=O) groups excluding carboxylic acids is 1. The van der Waals surface area contributed by atoms with Gasteiger partial charge in [-0.25, -0.2) is 15.8 Å². The minimum absolute atomic E-state index is 0.0743.